The standard InChI is InChI=1S/C29H22N4OS2/c1-20-15-17-22(18-16-20)32-28(21-9-3-2-4-10-21)30-31-29(32)35-19-27(34)33-23-11-5-7-13-25(23)36-26-14-8-6-12-24(26)33/h2-18H,19H2,1H3. The van der Waals surface area contributed by atoms with Gasteiger partial charge >= 0.3 is 0 Å². The van der Waals surface area contributed by atoms with E-state index in [1.54, 1.807) is 11.8 Å². The Bertz CT molecular complexity index is 1500. The van der Waals surface area contributed by atoms with Crippen LogP contribution in [0.5, 0.6) is 0 Å². The predicted molar refractivity (Wildman–Crippen MR) is 146 cm³/mol. The van der Waals surface area contributed by atoms with Gasteiger partial charge in [0.05, 0.1) is 17.1 Å². The van der Waals surface area contributed by atoms with Gasteiger partial charge in [0.15, 0.2) is 11.0 Å². The van der Waals surface area contributed by atoms with Crippen molar-refractivity contribution < 1.29 is 4.79 Å². The number of hydrogen-bond donors (Lipinski definition) is 0. The molecule has 0 aliphatic carbocycles. The first-order valence-corrected chi connectivity index (χ1v) is 13.4. The van der Waals surface area contributed by atoms with E-state index in [1.807, 2.05) is 76.2 Å². The van der Waals surface area contributed by atoms with Gasteiger partial charge in [-0.25, -0.2) is 0 Å². The first kappa shape index (κ1) is 22.6. The van der Waals surface area contributed by atoms with Crippen molar-refractivity contribution in [3.8, 4) is 17.1 Å². The molecule has 5 nitrogen and oxygen atoms in total. The zero-order valence-electron chi connectivity index (χ0n) is 19.5. The number of rotatable bonds is 5. The number of thioether (sulfide) groups is 1. The Morgan fingerprint density at radius 1 is 0.778 bits per heavy atom. The first-order chi connectivity index (χ1) is 17.7. The Labute approximate surface area is 218 Å². The Morgan fingerprint density at radius 2 is 1.39 bits per heavy atom. The minimum absolute atomic E-state index is 0.0000766. The predicted octanol–water partition coefficient (Wildman–Crippen LogP) is 7.16. The van der Waals surface area contributed by atoms with Crippen LogP contribution in [-0.2, 0) is 4.79 Å². The highest BCUT2D eigenvalue weighted by molar-refractivity contribution is 8.00. The summed E-state index contributed by atoms with van der Waals surface area (Å²) >= 11 is 3.10. The Morgan fingerprint density at radius 3 is 2.06 bits per heavy atom. The summed E-state index contributed by atoms with van der Waals surface area (Å²) in [5.41, 5.74) is 4.94. The minimum atomic E-state index is -0.0000766. The summed E-state index contributed by atoms with van der Waals surface area (Å²) in [5.74, 6) is 0.978. The molecule has 4 aromatic carbocycles. The van der Waals surface area contributed by atoms with E-state index in [9.17, 15) is 4.79 Å². The molecule has 0 atom stereocenters. The molecule has 2 heterocycles. The van der Waals surface area contributed by atoms with Gasteiger partial charge in [-0.1, -0.05) is 95.8 Å². The molecule has 1 aliphatic rings. The van der Waals surface area contributed by atoms with Crippen molar-refractivity contribution in [1.29, 1.82) is 0 Å². The van der Waals surface area contributed by atoms with Gasteiger partial charge in [-0.2, -0.15) is 0 Å². The second-order valence-electron chi connectivity index (χ2n) is 8.40. The highest BCUT2D eigenvalue weighted by Gasteiger charge is 2.28. The zero-order valence-corrected chi connectivity index (χ0v) is 21.2. The van der Waals surface area contributed by atoms with E-state index in [1.165, 1.54) is 17.3 Å². The largest absolute Gasteiger partial charge is 0.278 e. The fraction of sp³-hybridized carbons (Fsp3) is 0.0690. The summed E-state index contributed by atoms with van der Waals surface area (Å²) in [5, 5.41) is 9.69. The monoisotopic (exact) mass is 506 g/mol. The molecule has 0 radical (unpaired) electrons. The highest BCUT2D eigenvalue weighted by Crippen LogP contribution is 2.48. The molecule has 1 amide bonds. The zero-order chi connectivity index (χ0) is 24.5. The topological polar surface area (TPSA) is 51.0 Å². The summed E-state index contributed by atoms with van der Waals surface area (Å²) in [4.78, 5) is 17.7. The summed E-state index contributed by atoms with van der Waals surface area (Å²) in [6, 6.07) is 34.4. The molecule has 1 aliphatic heterocycles. The van der Waals surface area contributed by atoms with Crippen molar-refractivity contribution in [3.63, 3.8) is 0 Å². The Hall–Kier alpha value is -3.81. The molecule has 0 spiro atoms. The summed E-state index contributed by atoms with van der Waals surface area (Å²) < 4.78 is 2.03. The van der Waals surface area contributed by atoms with Gasteiger partial charge in [-0.05, 0) is 43.3 Å². The number of carbonyl (C=O) groups excluding carboxylic acids is 1. The number of aromatic nitrogens is 3. The van der Waals surface area contributed by atoms with Crippen LogP contribution in [-0.4, -0.2) is 26.4 Å². The quantitative estimate of drug-likeness (QED) is 0.237. The van der Waals surface area contributed by atoms with Crippen molar-refractivity contribution in [2.24, 2.45) is 0 Å². The second kappa shape index (κ2) is 9.68. The maximum atomic E-state index is 13.7. The van der Waals surface area contributed by atoms with E-state index >= 15 is 0 Å². The molecular formula is C29H22N4OS2. The number of nitrogens with zero attached hydrogens (tertiary/aromatic N) is 4. The summed E-state index contributed by atoms with van der Waals surface area (Å²) in [7, 11) is 0. The van der Waals surface area contributed by atoms with E-state index in [0.29, 0.717) is 5.16 Å². The number of para-hydroxylation sites is 2. The molecule has 0 N–H and O–H groups in total. The van der Waals surface area contributed by atoms with E-state index in [2.05, 4.69) is 53.5 Å². The smallest absolute Gasteiger partial charge is 0.242 e. The van der Waals surface area contributed by atoms with Gasteiger partial charge in [-0.15, -0.1) is 10.2 Å². The van der Waals surface area contributed by atoms with Gasteiger partial charge < -0.3 is 0 Å². The molecule has 0 fully saturated rings. The van der Waals surface area contributed by atoms with E-state index in [4.69, 9.17) is 0 Å². The lowest BCUT2D eigenvalue weighted by atomic mass is 10.2. The van der Waals surface area contributed by atoms with Crippen LogP contribution in [0.3, 0.4) is 0 Å². The fourth-order valence-corrected chi connectivity index (χ4v) is 6.09. The van der Waals surface area contributed by atoms with Crippen molar-refractivity contribution in [2.45, 2.75) is 21.9 Å². The fourth-order valence-electron chi connectivity index (χ4n) is 4.23. The maximum absolute atomic E-state index is 13.7. The highest BCUT2D eigenvalue weighted by atomic mass is 32.2. The average Bonchev–Trinajstić information content (AvgIpc) is 3.35. The van der Waals surface area contributed by atoms with Gasteiger partial charge in [0.25, 0.3) is 0 Å². The van der Waals surface area contributed by atoms with Crippen molar-refractivity contribution >= 4 is 40.8 Å². The first-order valence-electron chi connectivity index (χ1n) is 11.6. The molecular weight excluding hydrogens is 484 g/mol. The third kappa shape index (κ3) is 4.21. The number of amides is 1. The Kier molecular flexibility index (Phi) is 6.09. The van der Waals surface area contributed by atoms with Crippen LogP contribution < -0.4 is 4.90 Å². The maximum Gasteiger partial charge on any atom is 0.242 e. The lowest BCUT2D eigenvalue weighted by molar-refractivity contribution is -0.115. The van der Waals surface area contributed by atoms with Crippen LogP contribution in [0.2, 0.25) is 0 Å². The lowest BCUT2D eigenvalue weighted by Gasteiger charge is -2.30. The van der Waals surface area contributed by atoms with E-state index in [0.717, 1.165) is 38.2 Å². The molecule has 0 unspecified atom stereocenters. The Balaban J connectivity index is 1.34. The molecule has 0 saturated heterocycles. The minimum Gasteiger partial charge on any atom is -0.278 e. The normalized spacial score (nSPS) is 12.2. The lowest BCUT2D eigenvalue weighted by Crippen LogP contribution is -2.30. The molecule has 7 heteroatoms. The van der Waals surface area contributed by atoms with Crippen LogP contribution >= 0.6 is 23.5 Å². The molecule has 0 bridgehead atoms. The molecule has 1 aromatic heterocycles. The molecule has 36 heavy (non-hydrogen) atoms. The number of aryl methyl sites for hydroxylation is 1. The van der Waals surface area contributed by atoms with E-state index in [-0.39, 0.29) is 11.7 Å². The molecule has 176 valence electrons. The van der Waals surface area contributed by atoms with Gasteiger partial charge in [0, 0.05) is 21.0 Å². The van der Waals surface area contributed by atoms with Crippen molar-refractivity contribution in [3.05, 3.63) is 109 Å². The van der Waals surface area contributed by atoms with E-state index < -0.39 is 0 Å². The van der Waals surface area contributed by atoms with Crippen LogP contribution in [0.15, 0.2) is 118 Å². The summed E-state index contributed by atoms with van der Waals surface area (Å²) in [6.07, 6.45) is 0. The van der Waals surface area contributed by atoms with Crippen LogP contribution in [0.4, 0.5) is 11.4 Å². The average molecular weight is 507 g/mol. The molecule has 5 aromatic rings. The van der Waals surface area contributed by atoms with Crippen molar-refractivity contribution in [1.82, 2.24) is 14.8 Å². The van der Waals surface area contributed by atoms with Crippen molar-refractivity contribution in [2.75, 3.05) is 10.7 Å². The number of carbonyl (C=O) groups is 1. The third-order valence-corrected chi connectivity index (χ3v) is 8.01. The third-order valence-electron chi connectivity index (χ3n) is 5.96. The number of anilines is 2. The van der Waals surface area contributed by atoms with Crippen LogP contribution in [0, 0.1) is 6.92 Å². The van der Waals surface area contributed by atoms with Gasteiger partial charge in [0.1, 0.15) is 0 Å². The number of benzene rings is 4. The molecule has 6 rings (SSSR count). The second-order valence-corrected chi connectivity index (χ2v) is 10.4. The summed E-state index contributed by atoms with van der Waals surface area (Å²) in [6.45, 7) is 2.06. The number of fused-ring (bicyclic) bond motifs is 2. The van der Waals surface area contributed by atoms with Gasteiger partial charge in [-0.3, -0.25) is 14.3 Å². The van der Waals surface area contributed by atoms with Crippen LogP contribution in [0.1, 0.15) is 5.56 Å². The molecule has 0 saturated carbocycles. The number of hydrogen-bond acceptors (Lipinski definition) is 5. The van der Waals surface area contributed by atoms with Crippen LogP contribution in [0.25, 0.3) is 17.1 Å². The van der Waals surface area contributed by atoms with Gasteiger partial charge in [0.2, 0.25) is 5.91 Å². The SMILES string of the molecule is Cc1ccc(-n2c(SCC(=O)N3c4ccccc4Sc4ccccc43)nnc2-c2ccccc2)cc1.